The minimum atomic E-state index is -1.44. The first kappa shape index (κ1) is 34.5. The lowest BCUT2D eigenvalue weighted by atomic mass is 9.88. The first-order valence-corrected chi connectivity index (χ1v) is 13.3. The van der Waals surface area contributed by atoms with Crippen LogP contribution in [0.25, 0.3) is 11.1 Å². The summed E-state index contributed by atoms with van der Waals surface area (Å²) < 4.78 is 25.1. The van der Waals surface area contributed by atoms with Gasteiger partial charge in [0.25, 0.3) is 0 Å². The van der Waals surface area contributed by atoms with Gasteiger partial charge in [-0.15, -0.1) is 0 Å². The average molecular weight is 524 g/mol. The van der Waals surface area contributed by atoms with E-state index in [-0.39, 0.29) is 23.0 Å². The van der Waals surface area contributed by atoms with Gasteiger partial charge in [0.2, 0.25) is 6.36 Å². The third-order valence-corrected chi connectivity index (χ3v) is 5.50. The number of halogens is 1. The van der Waals surface area contributed by atoms with E-state index in [9.17, 15) is 9.18 Å². The number of nitrogen functional groups attached to an aromatic ring is 1. The standard InChI is InChI=1S/C17H25FN4O.C6H12O.C3H7NO.C2H6/c1-5-6-17(3,4)11-22-10-14(9-21-22)13-7-15(23-12(2)18)16(19)20-8-13;1-7-6-4-2-3-5-6;1-3(4)2-5;1-2/h7-10,12H,5-6,11H2,1-4H3,(H2,19,20);6H,2-5H2,1H3;2-3H,4H2,1H3;1-2H3. The molecule has 1 saturated carbocycles. The molecule has 2 aromatic heterocycles. The van der Waals surface area contributed by atoms with E-state index >= 15 is 0 Å². The van der Waals surface area contributed by atoms with Gasteiger partial charge in [-0.1, -0.05) is 53.9 Å². The van der Waals surface area contributed by atoms with Gasteiger partial charge in [-0.2, -0.15) is 5.10 Å². The zero-order valence-electron chi connectivity index (χ0n) is 24.2. The number of pyridine rings is 1. The monoisotopic (exact) mass is 523 g/mol. The lowest BCUT2D eigenvalue weighted by Crippen LogP contribution is -2.19. The van der Waals surface area contributed by atoms with Crippen molar-refractivity contribution < 1.29 is 18.7 Å². The molecule has 0 amide bonds. The maximum Gasteiger partial charge on any atom is 0.236 e. The second-order valence-electron chi connectivity index (χ2n) is 9.75. The van der Waals surface area contributed by atoms with Crippen molar-refractivity contribution in [2.24, 2.45) is 11.1 Å². The van der Waals surface area contributed by atoms with Crippen molar-refractivity contribution >= 4 is 12.1 Å². The molecule has 1 aliphatic rings. The molecule has 212 valence electrons. The molecule has 2 atom stereocenters. The first-order valence-electron chi connectivity index (χ1n) is 13.3. The van der Waals surface area contributed by atoms with Crippen molar-refractivity contribution in [2.75, 3.05) is 12.8 Å². The third-order valence-electron chi connectivity index (χ3n) is 5.50. The Kier molecular flexibility index (Phi) is 17.4. The summed E-state index contributed by atoms with van der Waals surface area (Å²) in [6.45, 7) is 14.4. The van der Waals surface area contributed by atoms with Crippen LogP contribution < -0.4 is 16.2 Å². The van der Waals surface area contributed by atoms with Gasteiger partial charge in [-0.3, -0.25) is 4.68 Å². The molecule has 0 spiro atoms. The van der Waals surface area contributed by atoms with Crippen LogP contribution in [0.1, 0.15) is 87.0 Å². The summed E-state index contributed by atoms with van der Waals surface area (Å²) in [5.41, 5.74) is 12.5. The van der Waals surface area contributed by atoms with Gasteiger partial charge >= 0.3 is 0 Å². The number of methoxy groups -OCH3 is 1. The molecule has 0 bridgehead atoms. The largest absolute Gasteiger partial charge is 0.457 e. The minimum absolute atomic E-state index is 0.176. The number of aldehydes is 1. The Labute approximate surface area is 223 Å². The van der Waals surface area contributed by atoms with E-state index in [2.05, 4.69) is 30.9 Å². The van der Waals surface area contributed by atoms with Gasteiger partial charge < -0.3 is 25.7 Å². The zero-order valence-corrected chi connectivity index (χ0v) is 24.2. The van der Waals surface area contributed by atoms with Crippen molar-refractivity contribution in [1.82, 2.24) is 14.8 Å². The fourth-order valence-corrected chi connectivity index (χ4v) is 3.80. The highest BCUT2D eigenvalue weighted by Gasteiger charge is 2.18. The van der Waals surface area contributed by atoms with Crippen LogP contribution in [0.2, 0.25) is 0 Å². The normalized spacial score (nSPS) is 14.6. The summed E-state index contributed by atoms with van der Waals surface area (Å²) in [5.74, 6) is 0.422. The van der Waals surface area contributed by atoms with Crippen LogP contribution in [-0.2, 0) is 16.1 Å². The molecule has 2 heterocycles. The lowest BCUT2D eigenvalue weighted by Gasteiger charge is -2.23. The van der Waals surface area contributed by atoms with Gasteiger partial charge in [0.05, 0.1) is 18.3 Å². The number of ether oxygens (including phenoxy) is 2. The van der Waals surface area contributed by atoms with Crippen LogP contribution in [0.4, 0.5) is 10.2 Å². The number of carbonyl (C=O) groups excluding carboxylic acids is 1. The van der Waals surface area contributed by atoms with Crippen LogP contribution in [-0.4, -0.2) is 46.7 Å². The van der Waals surface area contributed by atoms with Crippen LogP contribution >= 0.6 is 0 Å². The SMILES string of the molecule is CC.CC(N)C=O.CCCC(C)(C)Cn1cc(-c2cnc(N)c(OC(C)F)c2)cn1.COC1CCCC1. The Morgan fingerprint density at radius 3 is 2.27 bits per heavy atom. The summed E-state index contributed by atoms with van der Waals surface area (Å²) >= 11 is 0. The van der Waals surface area contributed by atoms with Crippen molar-refractivity contribution in [3.63, 3.8) is 0 Å². The molecule has 2 unspecified atom stereocenters. The fraction of sp³-hybridized carbons (Fsp3) is 0.679. The van der Waals surface area contributed by atoms with Crippen molar-refractivity contribution in [3.05, 3.63) is 24.7 Å². The van der Waals surface area contributed by atoms with Gasteiger partial charge in [0, 0.05) is 44.1 Å². The summed E-state index contributed by atoms with van der Waals surface area (Å²) in [4.78, 5) is 13.5. The number of alkyl halides is 1. The lowest BCUT2D eigenvalue weighted by molar-refractivity contribution is -0.108. The van der Waals surface area contributed by atoms with E-state index in [4.69, 9.17) is 20.9 Å². The molecule has 1 fully saturated rings. The van der Waals surface area contributed by atoms with E-state index in [1.807, 2.05) is 24.7 Å². The summed E-state index contributed by atoms with van der Waals surface area (Å²) in [7, 11) is 1.80. The number of aromatic nitrogens is 3. The Hall–Kier alpha value is -2.52. The molecule has 2 aromatic rings. The van der Waals surface area contributed by atoms with Crippen molar-refractivity contribution in [2.45, 2.75) is 112 Å². The molecule has 3 rings (SSSR count). The smallest absolute Gasteiger partial charge is 0.236 e. The van der Waals surface area contributed by atoms with Crippen LogP contribution in [0, 0.1) is 5.41 Å². The summed E-state index contributed by atoms with van der Waals surface area (Å²) in [6.07, 6.45) is 12.8. The second kappa shape index (κ2) is 18.7. The van der Waals surface area contributed by atoms with E-state index in [1.54, 1.807) is 32.5 Å². The molecular formula is C28H50FN5O3. The molecule has 8 nitrogen and oxygen atoms in total. The number of hydrogen-bond acceptors (Lipinski definition) is 7. The Bertz CT molecular complexity index is 865. The number of anilines is 1. The summed E-state index contributed by atoms with van der Waals surface area (Å²) in [5, 5.41) is 4.42. The van der Waals surface area contributed by atoms with Gasteiger partial charge in [-0.25, -0.2) is 9.37 Å². The average Bonchev–Trinajstić information content (AvgIpc) is 3.54. The van der Waals surface area contributed by atoms with Crippen LogP contribution in [0.5, 0.6) is 5.75 Å². The van der Waals surface area contributed by atoms with E-state index in [1.165, 1.54) is 32.6 Å². The maximum atomic E-state index is 13.0. The predicted molar refractivity (Wildman–Crippen MR) is 150 cm³/mol. The molecule has 0 aromatic carbocycles. The number of nitrogens with zero attached hydrogens (tertiary/aromatic N) is 3. The highest BCUT2D eigenvalue weighted by atomic mass is 19.1. The fourth-order valence-electron chi connectivity index (χ4n) is 3.80. The molecule has 0 radical (unpaired) electrons. The predicted octanol–water partition coefficient (Wildman–Crippen LogP) is 6.18. The van der Waals surface area contributed by atoms with Crippen molar-refractivity contribution in [3.8, 4) is 16.9 Å². The third kappa shape index (κ3) is 14.7. The Morgan fingerprint density at radius 1 is 1.22 bits per heavy atom. The summed E-state index contributed by atoms with van der Waals surface area (Å²) in [6, 6.07) is 1.40. The Morgan fingerprint density at radius 2 is 1.81 bits per heavy atom. The van der Waals surface area contributed by atoms with E-state index < -0.39 is 6.36 Å². The molecule has 1 aliphatic carbocycles. The van der Waals surface area contributed by atoms with Crippen LogP contribution in [0.15, 0.2) is 24.7 Å². The number of rotatable bonds is 9. The van der Waals surface area contributed by atoms with E-state index in [0.717, 1.165) is 30.5 Å². The van der Waals surface area contributed by atoms with Gasteiger partial charge in [0.1, 0.15) is 6.29 Å². The second-order valence-corrected chi connectivity index (χ2v) is 9.75. The molecular weight excluding hydrogens is 473 g/mol. The first-order chi connectivity index (χ1) is 17.5. The van der Waals surface area contributed by atoms with E-state index in [0.29, 0.717) is 12.4 Å². The topological polar surface area (TPSA) is 118 Å². The molecule has 9 heteroatoms. The molecule has 0 saturated heterocycles. The quantitative estimate of drug-likeness (QED) is 0.377. The van der Waals surface area contributed by atoms with Gasteiger partial charge in [-0.05, 0) is 37.7 Å². The maximum absolute atomic E-state index is 13.0. The van der Waals surface area contributed by atoms with Gasteiger partial charge in [0.15, 0.2) is 11.6 Å². The number of hydrogen-bond donors (Lipinski definition) is 2. The number of nitrogens with two attached hydrogens (primary N) is 2. The number of carbonyl (C=O) groups is 1. The Balaban J connectivity index is 0.000000756. The highest BCUT2D eigenvalue weighted by molar-refractivity contribution is 5.65. The molecule has 0 aliphatic heterocycles. The zero-order chi connectivity index (χ0) is 28.4. The highest BCUT2D eigenvalue weighted by Crippen LogP contribution is 2.29. The van der Waals surface area contributed by atoms with Crippen LogP contribution in [0.3, 0.4) is 0 Å². The van der Waals surface area contributed by atoms with Crippen molar-refractivity contribution in [1.29, 1.82) is 0 Å². The molecule has 4 N–H and O–H groups in total. The minimum Gasteiger partial charge on any atom is -0.457 e. The molecule has 37 heavy (non-hydrogen) atoms.